The van der Waals surface area contributed by atoms with E-state index in [0.29, 0.717) is 16.0 Å². The molecule has 0 amide bonds. The van der Waals surface area contributed by atoms with E-state index in [1.54, 1.807) is 0 Å². The SMILES string of the molecule is Clc1nc(Cl)nc(Sc2nc3ccccc3o2)n1. The second-order valence-electron chi connectivity index (χ2n) is 3.21. The maximum atomic E-state index is 5.68. The van der Waals surface area contributed by atoms with Crippen LogP contribution in [0.25, 0.3) is 11.1 Å². The van der Waals surface area contributed by atoms with E-state index in [0.717, 1.165) is 17.3 Å². The van der Waals surface area contributed by atoms with Crippen LogP contribution in [0.4, 0.5) is 0 Å². The zero-order chi connectivity index (χ0) is 12.5. The Bertz CT molecular complexity index is 665. The van der Waals surface area contributed by atoms with Crippen LogP contribution in [-0.2, 0) is 0 Å². The molecule has 2 aromatic heterocycles. The zero-order valence-corrected chi connectivity index (χ0v) is 11.0. The lowest BCUT2D eigenvalue weighted by molar-refractivity contribution is 0.488. The highest BCUT2D eigenvalue weighted by Gasteiger charge is 2.11. The zero-order valence-electron chi connectivity index (χ0n) is 8.67. The maximum absolute atomic E-state index is 5.68. The normalized spacial score (nSPS) is 11.0. The van der Waals surface area contributed by atoms with Crippen LogP contribution in [0.2, 0.25) is 10.6 Å². The van der Waals surface area contributed by atoms with Crippen LogP contribution in [0, 0.1) is 0 Å². The summed E-state index contributed by atoms with van der Waals surface area (Å²) in [7, 11) is 0. The molecule has 0 fully saturated rings. The van der Waals surface area contributed by atoms with Gasteiger partial charge in [0.25, 0.3) is 5.22 Å². The Labute approximate surface area is 116 Å². The van der Waals surface area contributed by atoms with E-state index in [4.69, 9.17) is 27.6 Å². The quantitative estimate of drug-likeness (QED) is 0.722. The van der Waals surface area contributed by atoms with Gasteiger partial charge in [0.15, 0.2) is 5.58 Å². The van der Waals surface area contributed by atoms with Crippen molar-refractivity contribution in [2.75, 3.05) is 0 Å². The van der Waals surface area contributed by atoms with E-state index in [1.165, 1.54) is 0 Å². The molecule has 0 unspecified atom stereocenters. The van der Waals surface area contributed by atoms with Crippen LogP contribution < -0.4 is 0 Å². The molecule has 0 atom stereocenters. The first-order valence-corrected chi connectivity index (χ1v) is 6.38. The predicted molar refractivity (Wildman–Crippen MR) is 68.0 cm³/mol. The largest absolute Gasteiger partial charge is 0.431 e. The molecule has 3 rings (SSSR count). The third-order valence-electron chi connectivity index (χ3n) is 2.01. The molecule has 1 aromatic carbocycles. The van der Waals surface area contributed by atoms with Crippen molar-refractivity contribution in [1.29, 1.82) is 0 Å². The molecule has 0 saturated heterocycles. The molecule has 0 saturated carbocycles. The topological polar surface area (TPSA) is 64.7 Å². The van der Waals surface area contributed by atoms with Crippen LogP contribution in [-0.4, -0.2) is 19.9 Å². The van der Waals surface area contributed by atoms with Gasteiger partial charge >= 0.3 is 0 Å². The first kappa shape index (κ1) is 11.7. The van der Waals surface area contributed by atoms with Crippen LogP contribution >= 0.6 is 35.0 Å². The minimum atomic E-state index is 0.0358. The second-order valence-corrected chi connectivity index (χ2v) is 4.80. The fourth-order valence-electron chi connectivity index (χ4n) is 1.33. The molecule has 0 spiro atoms. The van der Waals surface area contributed by atoms with Gasteiger partial charge in [0, 0.05) is 11.8 Å². The maximum Gasteiger partial charge on any atom is 0.264 e. The van der Waals surface area contributed by atoms with Crippen LogP contribution in [0.1, 0.15) is 0 Å². The fraction of sp³-hybridized carbons (Fsp3) is 0. The van der Waals surface area contributed by atoms with Gasteiger partial charge in [-0.15, -0.1) is 0 Å². The first-order chi connectivity index (χ1) is 8.70. The highest BCUT2D eigenvalue weighted by Crippen LogP contribution is 2.28. The average molecular weight is 299 g/mol. The van der Waals surface area contributed by atoms with Gasteiger partial charge in [-0.3, -0.25) is 0 Å². The van der Waals surface area contributed by atoms with Crippen LogP contribution in [0.3, 0.4) is 0 Å². The Kier molecular flexibility index (Phi) is 3.07. The highest BCUT2D eigenvalue weighted by atomic mass is 35.5. The van der Waals surface area contributed by atoms with E-state index in [1.807, 2.05) is 24.3 Å². The average Bonchev–Trinajstić information content (AvgIpc) is 2.69. The number of oxazole rings is 1. The summed E-state index contributed by atoms with van der Waals surface area (Å²) in [4.78, 5) is 15.8. The van der Waals surface area contributed by atoms with E-state index in [9.17, 15) is 0 Å². The van der Waals surface area contributed by atoms with Gasteiger partial charge in [-0.05, 0) is 35.3 Å². The lowest BCUT2D eigenvalue weighted by Gasteiger charge is -1.95. The van der Waals surface area contributed by atoms with Gasteiger partial charge in [0.1, 0.15) is 5.52 Å². The van der Waals surface area contributed by atoms with E-state index in [2.05, 4.69) is 19.9 Å². The number of para-hydroxylation sites is 2. The van der Waals surface area contributed by atoms with E-state index < -0.39 is 0 Å². The molecule has 0 bridgehead atoms. The van der Waals surface area contributed by atoms with Crippen molar-refractivity contribution < 1.29 is 4.42 Å². The number of fused-ring (bicyclic) bond motifs is 1. The molecule has 0 aliphatic carbocycles. The Hall–Kier alpha value is -1.37. The Morgan fingerprint density at radius 1 is 0.944 bits per heavy atom. The van der Waals surface area contributed by atoms with Gasteiger partial charge < -0.3 is 4.42 Å². The summed E-state index contributed by atoms with van der Waals surface area (Å²) >= 11 is 12.5. The third kappa shape index (κ3) is 2.40. The predicted octanol–water partition coefficient (Wildman–Crippen LogP) is 3.47. The lowest BCUT2D eigenvalue weighted by atomic mass is 10.3. The molecule has 8 heteroatoms. The monoisotopic (exact) mass is 298 g/mol. The number of benzene rings is 1. The lowest BCUT2D eigenvalue weighted by Crippen LogP contribution is -1.91. The van der Waals surface area contributed by atoms with Crippen LogP contribution in [0.15, 0.2) is 39.1 Å². The molecular weight excluding hydrogens is 295 g/mol. The van der Waals surface area contributed by atoms with Gasteiger partial charge in [-0.1, -0.05) is 12.1 Å². The summed E-state index contributed by atoms with van der Waals surface area (Å²) in [5.74, 6) is 0. The number of hydrogen-bond acceptors (Lipinski definition) is 6. The number of nitrogens with zero attached hydrogens (tertiary/aromatic N) is 4. The van der Waals surface area contributed by atoms with Gasteiger partial charge in [-0.25, -0.2) is 4.98 Å². The summed E-state index contributed by atoms with van der Waals surface area (Å²) in [5, 5.41) is 0.836. The highest BCUT2D eigenvalue weighted by molar-refractivity contribution is 7.98. The first-order valence-electron chi connectivity index (χ1n) is 4.81. The van der Waals surface area contributed by atoms with E-state index in [-0.39, 0.29) is 10.6 Å². The van der Waals surface area contributed by atoms with Crippen molar-refractivity contribution in [3.63, 3.8) is 0 Å². The minimum Gasteiger partial charge on any atom is -0.431 e. The molecule has 2 heterocycles. The van der Waals surface area contributed by atoms with Crippen molar-refractivity contribution in [3.8, 4) is 0 Å². The van der Waals surface area contributed by atoms with Gasteiger partial charge in [-0.2, -0.15) is 15.0 Å². The number of rotatable bonds is 2. The van der Waals surface area contributed by atoms with Gasteiger partial charge in [0.05, 0.1) is 0 Å². The number of hydrogen-bond donors (Lipinski definition) is 0. The fourth-order valence-corrected chi connectivity index (χ4v) is 2.49. The Morgan fingerprint density at radius 2 is 1.67 bits per heavy atom. The number of aromatic nitrogens is 4. The molecule has 18 heavy (non-hydrogen) atoms. The summed E-state index contributed by atoms with van der Waals surface area (Å²) in [5.41, 5.74) is 1.47. The van der Waals surface area contributed by atoms with Crippen molar-refractivity contribution in [3.05, 3.63) is 34.8 Å². The summed E-state index contributed by atoms with van der Waals surface area (Å²) in [6, 6.07) is 7.45. The van der Waals surface area contributed by atoms with Crippen LogP contribution in [0.5, 0.6) is 0 Å². The summed E-state index contributed by atoms with van der Waals surface area (Å²) in [6.07, 6.45) is 0. The molecule has 90 valence electrons. The molecule has 5 nitrogen and oxygen atoms in total. The molecular formula is C10H4Cl2N4OS. The smallest absolute Gasteiger partial charge is 0.264 e. The Morgan fingerprint density at radius 3 is 2.39 bits per heavy atom. The molecule has 0 N–H and O–H groups in total. The van der Waals surface area contributed by atoms with Crippen molar-refractivity contribution in [1.82, 2.24) is 19.9 Å². The third-order valence-corrected chi connectivity index (χ3v) is 3.07. The second kappa shape index (κ2) is 4.72. The molecule has 0 aliphatic rings. The van der Waals surface area contributed by atoms with Crippen molar-refractivity contribution >= 4 is 46.1 Å². The molecule has 3 aromatic rings. The molecule has 0 radical (unpaired) electrons. The molecule has 0 aliphatic heterocycles. The standard InChI is InChI=1S/C10H4Cl2N4OS/c11-7-14-8(12)16-9(15-7)18-10-13-5-3-1-2-4-6(5)17-10/h1-4H. The Balaban J connectivity index is 1.96. The van der Waals surface area contributed by atoms with Crippen molar-refractivity contribution in [2.24, 2.45) is 0 Å². The van der Waals surface area contributed by atoms with E-state index >= 15 is 0 Å². The summed E-state index contributed by atoms with van der Waals surface area (Å²) in [6.45, 7) is 0. The minimum absolute atomic E-state index is 0.0358. The van der Waals surface area contributed by atoms with Crippen molar-refractivity contribution in [2.45, 2.75) is 10.4 Å². The number of halogens is 2. The summed E-state index contributed by atoms with van der Waals surface area (Å²) < 4.78 is 5.52. The van der Waals surface area contributed by atoms with Gasteiger partial charge in [0.2, 0.25) is 15.7 Å².